The minimum Gasteiger partial charge on any atom is -0.390 e. The van der Waals surface area contributed by atoms with Crippen LogP contribution in [-0.4, -0.2) is 97.4 Å². The van der Waals surface area contributed by atoms with Gasteiger partial charge in [-0.15, -0.1) is 0 Å². The van der Waals surface area contributed by atoms with Crippen molar-refractivity contribution in [3.63, 3.8) is 0 Å². The van der Waals surface area contributed by atoms with Gasteiger partial charge in [-0.3, -0.25) is 4.90 Å². The summed E-state index contributed by atoms with van der Waals surface area (Å²) in [6.07, 6.45) is 1.66. The van der Waals surface area contributed by atoms with Crippen LogP contribution in [0.3, 0.4) is 0 Å². The summed E-state index contributed by atoms with van der Waals surface area (Å²) in [7, 11) is 3.77. The van der Waals surface area contributed by atoms with Crippen LogP contribution in [0.2, 0.25) is 0 Å². The van der Waals surface area contributed by atoms with Gasteiger partial charge in [0.25, 0.3) is 0 Å². The van der Waals surface area contributed by atoms with Crippen molar-refractivity contribution < 1.29 is 14.6 Å². The molecule has 12 nitrogen and oxygen atoms in total. The zero-order chi connectivity index (χ0) is 33.4. The third kappa shape index (κ3) is 6.37. The van der Waals surface area contributed by atoms with Crippen molar-refractivity contribution in [1.29, 1.82) is 0 Å². The number of aromatic nitrogens is 6. The van der Waals surface area contributed by atoms with Gasteiger partial charge in [0.2, 0.25) is 11.9 Å². The predicted octanol–water partition coefficient (Wildman–Crippen LogP) is 4.52. The Balaban J connectivity index is 1.34. The number of hydrogen-bond acceptors (Lipinski definition) is 10. The van der Waals surface area contributed by atoms with Gasteiger partial charge in [0, 0.05) is 33.8 Å². The molecule has 12 heteroatoms. The fourth-order valence-electron chi connectivity index (χ4n) is 6.99. The third-order valence-electron chi connectivity index (χ3n) is 10.0. The molecule has 1 N–H and O–H groups in total. The fourth-order valence-corrected chi connectivity index (χ4v) is 6.99. The summed E-state index contributed by atoms with van der Waals surface area (Å²) in [6, 6.07) is 18.5. The lowest BCUT2D eigenvalue weighted by Gasteiger charge is -2.37. The van der Waals surface area contributed by atoms with Crippen molar-refractivity contribution in [2.75, 3.05) is 56.3 Å². The minimum absolute atomic E-state index is 0.271. The van der Waals surface area contributed by atoms with E-state index in [9.17, 15) is 5.11 Å². The van der Waals surface area contributed by atoms with E-state index in [2.05, 4.69) is 61.2 Å². The maximum atomic E-state index is 10.6. The lowest BCUT2D eigenvalue weighted by atomic mass is 9.83. The third-order valence-corrected chi connectivity index (χ3v) is 10.0. The summed E-state index contributed by atoms with van der Waals surface area (Å²) in [5.74, 6) is 3.30. The number of para-hydroxylation sites is 2. The Labute approximate surface area is 281 Å². The molecule has 0 radical (unpaired) electrons. The number of benzene rings is 2. The van der Waals surface area contributed by atoms with E-state index in [-0.39, 0.29) is 6.23 Å². The van der Waals surface area contributed by atoms with Gasteiger partial charge in [0.05, 0.1) is 36.4 Å². The van der Waals surface area contributed by atoms with Gasteiger partial charge in [0.15, 0.2) is 17.0 Å². The number of piperidine rings is 1. The quantitative estimate of drug-likeness (QED) is 0.216. The summed E-state index contributed by atoms with van der Waals surface area (Å²) in [5, 5.41) is 10.6. The van der Waals surface area contributed by atoms with E-state index in [1.165, 1.54) is 0 Å². The monoisotopic (exact) mass is 653 g/mol. The van der Waals surface area contributed by atoms with Gasteiger partial charge in [-0.05, 0) is 70.3 Å². The molecule has 5 heterocycles. The number of nitrogens with zero attached hydrogens (tertiary/aromatic N) is 9. The molecule has 0 aliphatic carbocycles. The average Bonchev–Trinajstić information content (AvgIpc) is 3.64. The van der Waals surface area contributed by atoms with Crippen LogP contribution in [0, 0.1) is 5.92 Å². The molecule has 2 aliphatic heterocycles. The van der Waals surface area contributed by atoms with Crippen LogP contribution >= 0.6 is 0 Å². The summed E-state index contributed by atoms with van der Waals surface area (Å²) in [5.41, 5.74) is 3.83. The number of fused-ring (bicyclic) bond motifs is 2. The molecule has 1 unspecified atom stereocenters. The molecule has 2 fully saturated rings. The predicted molar refractivity (Wildman–Crippen MR) is 187 cm³/mol. The Morgan fingerprint density at radius 1 is 0.958 bits per heavy atom. The molecule has 2 aliphatic rings. The van der Waals surface area contributed by atoms with Gasteiger partial charge in [0.1, 0.15) is 12.1 Å². The Morgan fingerprint density at radius 3 is 2.38 bits per heavy atom. The second-order valence-corrected chi connectivity index (χ2v) is 13.6. The van der Waals surface area contributed by atoms with Crippen molar-refractivity contribution in [2.24, 2.45) is 13.0 Å². The van der Waals surface area contributed by atoms with Gasteiger partial charge in [-0.1, -0.05) is 42.5 Å². The average molecular weight is 654 g/mol. The first kappa shape index (κ1) is 32.4. The number of methoxy groups -OCH3 is 1. The number of hydrogen-bond donors (Lipinski definition) is 1. The van der Waals surface area contributed by atoms with E-state index in [0.717, 1.165) is 78.4 Å². The number of imidazole rings is 2. The Kier molecular flexibility index (Phi) is 9.08. The maximum Gasteiger partial charge on any atom is 0.241 e. The largest absolute Gasteiger partial charge is 0.390 e. The summed E-state index contributed by atoms with van der Waals surface area (Å²) in [6.45, 7) is 11.7. The zero-order valence-electron chi connectivity index (χ0n) is 28.7. The van der Waals surface area contributed by atoms with Crippen molar-refractivity contribution in [3.05, 3.63) is 66.0 Å². The van der Waals surface area contributed by atoms with Crippen molar-refractivity contribution in [1.82, 2.24) is 34.0 Å². The molecule has 2 aromatic carbocycles. The van der Waals surface area contributed by atoms with Gasteiger partial charge >= 0.3 is 0 Å². The maximum absolute atomic E-state index is 10.6. The van der Waals surface area contributed by atoms with Crippen molar-refractivity contribution in [3.8, 4) is 5.95 Å². The van der Waals surface area contributed by atoms with Crippen LogP contribution < -0.4 is 9.80 Å². The van der Waals surface area contributed by atoms with Crippen molar-refractivity contribution >= 4 is 34.0 Å². The molecule has 0 bridgehead atoms. The molecule has 3 aromatic heterocycles. The number of morpholine rings is 1. The van der Waals surface area contributed by atoms with Gasteiger partial charge in [-0.2, -0.15) is 9.97 Å². The molecule has 0 spiro atoms. The van der Waals surface area contributed by atoms with E-state index in [1.54, 1.807) is 7.11 Å². The molecule has 1 atom stereocenters. The van der Waals surface area contributed by atoms with Crippen LogP contribution in [0.25, 0.3) is 28.1 Å². The number of rotatable bonds is 10. The number of ether oxygens (including phenoxy) is 2. The van der Waals surface area contributed by atoms with Crippen LogP contribution in [0.5, 0.6) is 0 Å². The molecule has 2 saturated heterocycles. The van der Waals surface area contributed by atoms with Crippen LogP contribution in [0.4, 0.5) is 11.8 Å². The molecule has 0 saturated carbocycles. The summed E-state index contributed by atoms with van der Waals surface area (Å²) >= 11 is 0. The molecule has 0 amide bonds. The Hall–Kier alpha value is -4.10. The normalized spacial score (nSPS) is 17.4. The van der Waals surface area contributed by atoms with Crippen LogP contribution in [0.1, 0.15) is 45.0 Å². The SMILES string of the molecule is COC(C)N(Cc1ccccc1)c1nc2ccccc2n1-c1nc(N2CCOCC2)c2nc(CN3CCC(C(C)(C)O)CC3)n(C)c2n1. The highest BCUT2D eigenvalue weighted by atomic mass is 16.5. The number of likely N-dealkylation sites (tertiary alicyclic amines) is 1. The van der Waals surface area contributed by atoms with E-state index in [1.807, 2.05) is 45.0 Å². The molecule has 5 aromatic rings. The standard InChI is InChI=1S/C36H47N9O3/c1-25(47-5)44(23-26-11-7-6-8-12-26)35-37-28-13-9-10-14-29(28)45(35)34-39-32-31(33(40-34)43-19-21-48-22-20-43)38-30(41(32)4)24-42-17-15-27(16-18-42)36(2,3)46/h6-14,25,27,46H,15-24H2,1-5H3. The first-order valence-electron chi connectivity index (χ1n) is 17.0. The molecule has 7 rings (SSSR count). The first-order valence-corrected chi connectivity index (χ1v) is 17.0. The van der Waals surface area contributed by atoms with E-state index in [4.69, 9.17) is 29.4 Å². The van der Waals surface area contributed by atoms with Crippen LogP contribution in [0.15, 0.2) is 54.6 Å². The topological polar surface area (TPSA) is 110 Å². The number of anilines is 2. The Bertz CT molecular complexity index is 1850. The second-order valence-electron chi connectivity index (χ2n) is 13.6. The zero-order valence-corrected chi connectivity index (χ0v) is 28.7. The fraction of sp³-hybridized carbons (Fsp3) is 0.500. The van der Waals surface area contributed by atoms with Crippen molar-refractivity contribution in [2.45, 2.75) is 58.5 Å². The first-order chi connectivity index (χ1) is 23.2. The molecular weight excluding hydrogens is 606 g/mol. The highest BCUT2D eigenvalue weighted by Crippen LogP contribution is 2.33. The van der Waals surface area contributed by atoms with Gasteiger partial charge < -0.3 is 28.9 Å². The molecule has 254 valence electrons. The lowest BCUT2D eigenvalue weighted by molar-refractivity contribution is -0.0139. The smallest absolute Gasteiger partial charge is 0.241 e. The Morgan fingerprint density at radius 2 is 1.67 bits per heavy atom. The number of aryl methyl sites for hydroxylation is 1. The number of aliphatic hydroxyl groups is 1. The molecule has 48 heavy (non-hydrogen) atoms. The highest BCUT2D eigenvalue weighted by Gasteiger charge is 2.32. The minimum atomic E-state index is -0.656. The highest BCUT2D eigenvalue weighted by molar-refractivity contribution is 5.86. The van der Waals surface area contributed by atoms with Gasteiger partial charge in [-0.25, -0.2) is 14.5 Å². The van der Waals surface area contributed by atoms with E-state index < -0.39 is 5.60 Å². The second kappa shape index (κ2) is 13.4. The lowest BCUT2D eigenvalue weighted by Crippen LogP contribution is -2.41. The molecular formula is C36H47N9O3. The van der Waals surface area contributed by atoms with E-state index in [0.29, 0.717) is 44.1 Å². The summed E-state index contributed by atoms with van der Waals surface area (Å²) < 4.78 is 15.8. The van der Waals surface area contributed by atoms with E-state index >= 15 is 0 Å². The summed E-state index contributed by atoms with van der Waals surface area (Å²) in [4.78, 5) is 27.7. The van der Waals surface area contributed by atoms with Crippen LogP contribution in [-0.2, 0) is 29.6 Å².